The molecule has 1 rings (SSSR count). The van der Waals surface area contributed by atoms with Crippen LogP contribution in [0, 0.1) is 10.1 Å². The molecule has 0 aliphatic carbocycles. The lowest BCUT2D eigenvalue weighted by Gasteiger charge is -2.05. The van der Waals surface area contributed by atoms with Crippen molar-refractivity contribution >= 4 is 11.5 Å². The van der Waals surface area contributed by atoms with Crippen LogP contribution in [0.15, 0.2) is 12.1 Å². The summed E-state index contributed by atoms with van der Waals surface area (Å²) in [5.41, 5.74) is -0.220. The zero-order valence-electron chi connectivity index (χ0n) is 8.14. The lowest BCUT2D eigenvalue weighted by Crippen LogP contribution is -2.06. The number of nitro groups is 1. The Morgan fingerprint density at radius 1 is 1.67 bits per heavy atom. The van der Waals surface area contributed by atoms with E-state index in [4.69, 9.17) is 9.84 Å². The minimum absolute atomic E-state index is 0.0268. The molecule has 0 spiro atoms. The van der Waals surface area contributed by atoms with E-state index >= 15 is 0 Å². The number of anilines is 1. The lowest BCUT2D eigenvalue weighted by atomic mass is 10.4. The molecule has 1 aromatic rings. The summed E-state index contributed by atoms with van der Waals surface area (Å²) in [7, 11) is 1.64. The quantitative estimate of drug-likeness (QED) is 0.542. The molecule has 2 N–H and O–H groups in total. The Balaban J connectivity index is 2.99. The molecule has 0 aromatic carbocycles. The maximum Gasteiger partial charge on any atom is 0.331 e. The van der Waals surface area contributed by atoms with Crippen molar-refractivity contribution in [2.24, 2.45) is 0 Å². The van der Waals surface area contributed by atoms with Gasteiger partial charge in [0.2, 0.25) is 0 Å². The molecule has 0 atom stereocenters. The number of aliphatic hydroxyl groups excluding tert-OH is 1. The van der Waals surface area contributed by atoms with Crippen molar-refractivity contribution in [2.45, 2.75) is 0 Å². The average Bonchev–Trinajstić information content (AvgIpc) is 2.25. The standard InChI is InChI=1S/C8H11N3O4/c1-9-7-3-2-6(11(13)14)8(10-7)15-5-4-12/h2-3,12H,4-5H2,1H3,(H,9,10). The third-order valence-electron chi connectivity index (χ3n) is 1.62. The van der Waals surface area contributed by atoms with Crippen LogP contribution >= 0.6 is 0 Å². The third kappa shape index (κ3) is 2.78. The highest BCUT2D eigenvalue weighted by Crippen LogP contribution is 2.25. The van der Waals surface area contributed by atoms with Gasteiger partial charge in [-0.2, -0.15) is 4.98 Å². The zero-order chi connectivity index (χ0) is 11.3. The van der Waals surface area contributed by atoms with Gasteiger partial charge in [-0.3, -0.25) is 10.1 Å². The van der Waals surface area contributed by atoms with Crippen molar-refractivity contribution in [1.29, 1.82) is 0 Å². The molecule has 0 unspecified atom stereocenters. The van der Waals surface area contributed by atoms with Crippen molar-refractivity contribution in [3.05, 3.63) is 22.2 Å². The van der Waals surface area contributed by atoms with Crippen LogP contribution in [-0.2, 0) is 0 Å². The number of rotatable bonds is 5. The minimum Gasteiger partial charge on any atom is -0.470 e. The van der Waals surface area contributed by atoms with Gasteiger partial charge < -0.3 is 15.2 Å². The van der Waals surface area contributed by atoms with Gasteiger partial charge in [0.05, 0.1) is 11.5 Å². The predicted octanol–water partition coefficient (Wildman–Crippen LogP) is 0.403. The second kappa shape index (κ2) is 5.11. The lowest BCUT2D eigenvalue weighted by molar-refractivity contribution is -0.386. The van der Waals surface area contributed by atoms with Gasteiger partial charge in [-0.1, -0.05) is 0 Å². The molecule has 1 aromatic heterocycles. The summed E-state index contributed by atoms with van der Waals surface area (Å²) >= 11 is 0. The van der Waals surface area contributed by atoms with E-state index in [0.717, 1.165) is 0 Å². The van der Waals surface area contributed by atoms with Crippen LogP contribution in [0.5, 0.6) is 5.88 Å². The maximum atomic E-state index is 10.6. The Hall–Kier alpha value is -1.89. The minimum atomic E-state index is -0.584. The number of aliphatic hydroxyl groups is 1. The van der Waals surface area contributed by atoms with E-state index in [1.807, 2.05) is 0 Å². The number of nitrogens with one attached hydrogen (secondary N) is 1. The number of pyridine rings is 1. The van der Waals surface area contributed by atoms with Gasteiger partial charge in [0.25, 0.3) is 5.88 Å². The first-order valence-electron chi connectivity index (χ1n) is 4.26. The highest BCUT2D eigenvalue weighted by Gasteiger charge is 2.17. The highest BCUT2D eigenvalue weighted by atomic mass is 16.6. The van der Waals surface area contributed by atoms with Gasteiger partial charge in [-0.15, -0.1) is 0 Å². The molecule has 82 valence electrons. The molecule has 7 heteroatoms. The second-order valence-electron chi connectivity index (χ2n) is 2.60. The Morgan fingerprint density at radius 3 is 2.93 bits per heavy atom. The van der Waals surface area contributed by atoms with E-state index in [9.17, 15) is 10.1 Å². The van der Waals surface area contributed by atoms with E-state index in [2.05, 4.69) is 10.3 Å². The summed E-state index contributed by atoms with van der Waals surface area (Å²) in [4.78, 5) is 13.9. The molecule has 0 aliphatic heterocycles. The van der Waals surface area contributed by atoms with Gasteiger partial charge >= 0.3 is 5.69 Å². The smallest absolute Gasteiger partial charge is 0.331 e. The number of nitrogens with zero attached hydrogens (tertiary/aromatic N) is 2. The van der Waals surface area contributed by atoms with Gasteiger partial charge in [-0.25, -0.2) is 0 Å². The first kappa shape index (κ1) is 11.2. The highest BCUT2D eigenvalue weighted by molar-refractivity contribution is 5.48. The van der Waals surface area contributed by atoms with Crippen LogP contribution in [0.1, 0.15) is 0 Å². The van der Waals surface area contributed by atoms with E-state index in [-0.39, 0.29) is 24.8 Å². The molecule has 0 fully saturated rings. The third-order valence-corrected chi connectivity index (χ3v) is 1.62. The van der Waals surface area contributed by atoms with Crippen molar-refractivity contribution in [3.63, 3.8) is 0 Å². The van der Waals surface area contributed by atoms with Gasteiger partial charge in [0, 0.05) is 13.1 Å². The fraction of sp³-hybridized carbons (Fsp3) is 0.375. The molecule has 0 amide bonds. The molecule has 0 radical (unpaired) electrons. The van der Waals surface area contributed by atoms with Crippen LogP contribution in [0.3, 0.4) is 0 Å². The van der Waals surface area contributed by atoms with Crippen LogP contribution in [0.25, 0.3) is 0 Å². The van der Waals surface area contributed by atoms with Crippen molar-refractivity contribution in [2.75, 3.05) is 25.6 Å². The van der Waals surface area contributed by atoms with Crippen molar-refractivity contribution < 1.29 is 14.8 Å². The molecule has 1 heterocycles. The van der Waals surface area contributed by atoms with E-state index in [1.54, 1.807) is 7.05 Å². The summed E-state index contributed by atoms with van der Waals surface area (Å²) in [5.74, 6) is 0.370. The first-order chi connectivity index (χ1) is 7.19. The van der Waals surface area contributed by atoms with Crippen molar-refractivity contribution in [1.82, 2.24) is 4.98 Å². The molecule has 7 nitrogen and oxygen atoms in total. The molecular formula is C8H11N3O4. The summed E-state index contributed by atoms with van der Waals surface area (Å²) in [5, 5.41) is 21.9. The Labute approximate surface area is 85.9 Å². The molecular weight excluding hydrogens is 202 g/mol. The van der Waals surface area contributed by atoms with Crippen molar-refractivity contribution in [3.8, 4) is 5.88 Å². The predicted molar refractivity (Wildman–Crippen MR) is 53.0 cm³/mol. The van der Waals surface area contributed by atoms with Gasteiger partial charge in [0.15, 0.2) is 0 Å². The number of ether oxygens (including phenoxy) is 1. The van der Waals surface area contributed by atoms with Crippen LogP contribution < -0.4 is 10.1 Å². The Bertz CT molecular complexity index is 356. The maximum absolute atomic E-state index is 10.6. The topological polar surface area (TPSA) is 97.5 Å². The van der Waals surface area contributed by atoms with E-state index < -0.39 is 4.92 Å². The van der Waals surface area contributed by atoms with Crippen LogP contribution in [-0.4, -0.2) is 35.3 Å². The average molecular weight is 213 g/mol. The summed E-state index contributed by atoms with van der Waals surface area (Å²) in [6, 6.07) is 2.77. The Morgan fingerprint density at radius 2 is 2.40 bits per heavy atom. The molecule has 0 aliphatic rings. The second-order valence-corrected chi connectivity index (χ2v) is 2.60. The first-order valence-corrected chi connectivity index (χ1v) is 4.26. The molecule has 15 heavy (non-hydrogen) atoms. The van der Waals surface area contributed by atoms with Gasteiger partial charge in [-0.05, 0) is 6.07 Å². The largest absolute Gasteiger partial charge is 0.470 e. The zero-order valence-corrected chi connectivity index (χ0v) is 8.14. The van der Waals surface area contributed by atoms with Crippen LogP contribution in [0.4, 0.5) is 11.5 Å². The molecule has 0 saturated carbocycles. The van der Waals surface area contributed by atoms with Crippen LogP contribution in [0.2, 0.25) is 0 Å². The number of hydrogen-bond acceptors (Lipinski definition) is 6. The molecule has 0 saturated heterocycles. The van der Waals surface area contributed by atoms with E-state index in [0.29, 0.717) is 5.82 Å². The normalized spacial score (nSPS) is 9.73. The summed E-state index contributed by atoms with van der Waals surface area (Å²) in [6.45, 7) is -0.246. The summed E-state index contributed by atoms with van der Waals surface area (Å²) < 4.78 is 4.95. The fourth-order valence-electron chi connectivity index (χ4n) is 0.960. The fourth-order valence-corrected chi connectivity index (χ4v) is 0.960. The monoisotopic (exact) mass is 213 g/mol. The van der Waals surface area contributed by atoms with E-state index in [1.165, 1.54) is 12.1 Å². The molecule has 0 bridgehead atoms. The van der Waals surface area contributed by atoms with Gasteiger partial charge in [0.1, 0.15) is 12.4 Å². The number of aromatic nitrogens is 1. The SMILES string of the molecule is CNc1ccc([N+](=O)[O-])c(OCCO)n1. The summed E-state index contributed by atoms with van der Waals surface area (Å²) in [6.07, 6.45) is 0. The number of hydrogen-bond donors (Lipinski definition) is 2. The Kier molecular flexibility index (Phi) is 3.81.